The predicted molar refractivity (Wildman–Crippen MR) is 117 cm³/mol. The molecule has 32 heavy (non-hydrogen) atoms. The summed E-state index contributed by atoms with van der Waals surface area (Å²) in [6, 6.07) is 7.46. The lowest BCUT2D eigenvalue weighted by Crippen LogP contribution is -2.62. The Morgan fingerprint density at radius 1 is 1.44 bits per heavy atom. The smallest absolute Gasteiger partial charge is 0.163 e. The molecule has 1 aromatic carbocycles. The average Bonchev–Trinajstić information content (AvgIpc) is 3.41. The molecule has 2 aliphatic rings. The third-order valence-corrected chi connectivity index (χ3v) is 6.06. The fourth-order valence-corrected chi connectivity index (χ4v) is 4.39. The number of hydrogen-bond acceptors (Lipinski definition) is 7. The summed E-state index contributed by atoms with van der Waals surface area (Å²) >= 11 is 6.27. The number of tetrazole rings is 1. The van der Waals surface area contributed by atoms with Crippen molar-refractivity contribution in [3.8, 4) is 16.8 Å². The number of nitrogens with zero attached hydrogens (tertiary/aromatic N) is 6. The van der Waals surface area contributed by atoms with E-state index in [1.807, 2.05) is 25.1 Å². The zero-order valence-corrected chi connectivity index (χ0v) is 18.1. The SMILES string of the molecule is CCN=C(NC1CC(F)N1)C1(O)CCc2cc(-c3cc(Cl)ccc3-n3cnnn3)cnc21. The van der Waals surface area contributed by atoms with Crippen molar-refractivity contribution >= 4 is 17.4 Å². The van der Waals surface area contributed by atoms with Crippen LogP contribution in [0.15, 0.2) is 41.8 Å². The predicted octanol–water partition coefficient (Wildman–Crippen LogP) is 2.13. The van der Waals surface area contributed by atoms with Crippen molar-refractivity contribution in [1.82, 2.24) is 35.8 Å². The molecular weight excluding hydrogens is 435 g/mol. The largest absolute Gasteiger partial charge is 0.376 e. The number of aliphatic hydroxyl groups is 1. The molecular formula is C21H22ClFN8O. The molecule has 1 aliphatic heterocycles. The Hall–Kier alpha value is -2.95. The molecule has 166 valence electrons. The van der Waals surface area contributed by atoms with E-state index in [-0.39, 0.29) is 6.17 Å². The molecule has 3 atom stereocenters. The van der Waals surface area contributed by atoms with Crippen LogP contribution in [-0.2, 0) is 12.0 Å². The first-order valence-corrected chi connectivity index (χ1v) is 10.8. The van der Waals surface area contributed by atoms with Crippen molar-refractivity contribution in [3.63, 3.8) is 0 Å². The second-order valence-corrected chi connectivity index (χ2v) is 8.33. The number of rotatable bonds is 5. The lowest BCUT2D eigenvalue weighted by Gasteiger charge is -2.36. The van der Waals surface area contributed by atoms with Crippen LogP contribution in [0.2, 0.25) is 5.02 Å². The fraction of sp³-hybridized carbons (Fsp3) is 0.381. The van der Waals surface area contributed by atoms with Crippen molar-refractivity contribution in [1.29, 1.82) is 0 Å². The lowest BCUT2D eigenvalue weighted by molar-refractivity contribution is 0.0865. The van der Waals surface area contributed by atoms with Crippen LogP contribution >= 0.6 is 11.6 Å². The summed E-state index contributed by atoms with van der Waals surface area (Å²) in [5.41, 5.74) is 2.56. The van der Waals surface area contributed by atoms with Gasteiger partial charge in [0, 0.05) is 35.3 Å². The van der Waals surface area contributed by atoms with Gasteiger partial charge in [-0.05, 0) is 60.0 Å². The number of hydrogen-bond donors (Lipinski definition) is 3. The van der Waals surface area contributed by atoms with Gasteiger partial charge in [0.2, 0.25) is 0 Å². The van der Waals surface area contributed by atoms with Gasteiger partial charge >= 0.3 is 0 Å². The number of benzene rings is 1. The lowest BCUT2D eigenvalue weighted by atomic mass is 9.97. The number of alkyl halides is 1. The molecule has 0 amide bonds. The molecule has 1 fully saturated rings. The first-order valence-electron chi connectivity index (χ1n) is 10.4. The van der Waals surface area contributed by atoms with Crippen molar-refractivity contribution in [2.45, 2.75) is 44.2 Å². The van der Waals surface area contributed by atoms with Crippen LogP contribution in [0.5, 0.6) is 0 Å². The molecule has 3 heterocycles. The molecule has 1 aliphatic carbocycles. The van der Waals surface area contributed by atoms with Gasteiger partial charge in [-0.2, -0.15) is 4.68 Å². The highest BCUT2D eigenvalue weighted by Gasteiger charge is 2.45. The molecule has 3 unspecified atom stereocenters. The highest BCUT2D eigenvalue weighted by Crippen LogP contribution is 2.39. The van der Waals surface area contributed by atoms with Gasteiger partial charge in [0.05, 0.1) is 17.5 Å². The van der Waals surface area contributed by atoms with E-state index in [0.29, 0.717) is 42.4 Å². The highest BCUT2D eigenvalue weighted by molar-refractivity contribution is 6.31. The van der Waals surface area contributed by atoms with E-state index in [0.717, 1.165) is 22.4 Å². The second kappa shape index (κ2) is 8.19. The minimum atomic E-state index is -1.35. The van der Waals surface area contributed by atoms with E-state index in [9.17, 15) is 9.50 Å². The van der Waals surface area contributed by atoms with Crippen LogP contribution < -0.4 is 10.6 Å². The third-order valence-electron chi connectivity index (χ3n) is 5.82. The minimum absolute atomic E-state index is 0.257. The van der Waals surface area contributed by atoms with Crippen molar-refractivity contribution < 1.29 is 9.50 Å². The van der Waals surface area contributed by atoms with Gasteiger partial charge in [-0.15, -0.1) is 5.10 Å². The minimum Gasteiger partial charge on any atom is -0.376 e. The Morgan fingerprint density at radius 3 is 3.00 bits per heavy atom. The third kappa shape index (κ3) is 3.64. The number of amidine groups is 1. The number of pyridine rings is 1. The van der Waals surface area contributed by atoms with Gasteiger partial charge in [-0.1, -0.05) is 11.6 Å². The molecule has 0 saturated carbocycles. The summed E-state index contributed by atoms with van der Waals surface area (Å²) in [6.45, 7) is 2.38. The Kier molecular flexibility index (Phi) is 5.36. The number of halogens is 2. The van der Waals surface area contributed by atoms with Gasteiger partial charge in [-0.25, -0.2) is 4.39 Å². The molecule has 1 saturated heterocycles. The summed E-state index contributed by atoms with van der Waals surface area (Å²) in [7, 11) is 0. The zero-order valence-electron chi connectivity index (χ0n) is 17.3. The monoisotopic (exact) mass is 456 g/mol. The van der Waals surface area contributed by atoms with Gasteiger partial charge < -0.3 is 10.4 Å². The topological polar surface area (TPSA) is 113 Å². The molecule has 0 bridgehead atoms. The van der Waals surface area contributed by atoms with E-state index < -0.39 is 11.9 Å². The van der Waals surface area contributed by atoms with E-state index in [2.05, 4.69) is 36.1 Å². The van der Waals surface area contributed by atoms with Gasteiger partial charge in [-0.3, -0.25) is 15.3 Å². The molecule has 3 aromatic rings. The van der Waals surface area contributed by atoms with E-state index >= 15 is 0 Å². The normalized spacial score (nSPS) is 24.8. The second-order valence-electron chi connectivity index (χ2n) is 7.90. The van der Waals surface area contributed by atoms with Gasteiger partial charge in [0.25, 0.3) is 0 Å². The van der Waals surface area contributed by atoms with Crippen LogP contribution in [0.25, 0.3) is 16.8 Å². The molecule has 11 heteroatoms. The maximum atomic E-state index is 13.2. The molecule has 0 spiro atoms. The summed E-state index contributed by atoms with van der Waals surface area (Å²) in [5, 5.41) is 29.4. The first-order chi connectivity index (χ1) is 15.5. The van der Waals surface area contributed by atoms with E-state index in [1.54, 1.807) is 16.9 Å². The Labute approximate surface area is 188 Å². The van der Waals surface area contributed by atoms with Crippen LogP contribution in [0, 0.1) is 0 Å². The van der Waals surface area contributed by atoms with Crippen LogP contribution in [0.1, 0.15) is 31.0 Å². The first kappa shape index (κ1) is 20.9. The van der Waals surface area contributed by atoms with Crippen molar-refractivity contribution in [2.75, 3.05) is 6.54 Å². The molecule has 3 N–H and O–H groups in total. The van der Waals surface area contributed by atoms with Gasteiger partial charge in [0.15, 0.2) is 11.9 Å². The fourth-order valence-electron chi connectivity index (χ4n) is 4.22. The average molecular weight is 457 g/mol. The Balaban J connectivity index is 1.51. The number of aliphatic imine (C=N–C) groups is 1. The molecule has 0 radical (unpaired) electrons. The standard InChI is InChI=1S/C21H22ClFN8O/c1-2-24-20(28-18-9-17(23)27-18)21(32)6-5-12-7-13(10-25-19(12)21)15-8-14(22)3-4-16(15)31-11-26-29-30-31/h3-4,7-8,10-11,17-18,27,32H,2,5-6,9H2,1H3,(H,24,28). The zero-order chi connectivity index (χ0) is 22.3. The Morgan fingerprint density at radius 2 is 2.28 bits per heavy atom. The number of aromatic nitrogens is 5. The maximum absolute atomic E-state index is 13.2. The van der Waals surface area contributed by atoms with Crippen LogP contribution in [0.4, 0.5) is 4.39 Å². The number of nitrogens with one attached hydrogen (secondary N) is 2. The summed E-state index contributed by atoms with van der Waals surface area (Å²) in [4.78, 5) is 9.11. The Bertz CT molecular complexity index is 1160. The van der Waals surface area contributed by atoms with Crippen molar-refractivity contribution in [3.05, 3.63) is 53.1 Å². The number of fused-ring (bicyclic) bond motifs is 1. The maximum Gasteiger partial charge on any atom is 0.163 e. The van der Waals surface area contributed by atoms with Crippen LogP contribution in [-0.4, -0.2) is 55.1 Å². The van der Waals surface area contributed by atoms with Gasteiger partial charge in [0.1, 0.15) is 12.2 Å². The van der Waals surface area contributed by atoms with E-state index in [4.69, 9.17) is 11.6 Å². The molecule has 2 aromatic heterocycles. The molecule has 9 nitrogen and oxygen atoms in total. The molecule has 5 rings (SSSR count). The highest BCUT2D eigenvalue weighted by atomic mass is 35.5. The summed E-state index contributed by atoms with van der Waals surface area (Å²) in [5.74, 6) is 0.417. The van der Waals surface area contributed by atoms with E-state index in [1.165, 1.54) is 6.33 Å². The summed E-state index contributed by atoms with van der Waals surface area (Å²) < 4.78 is 14.8. The quantitative estimate of drug-likeness (QED) is 0.306. The van der Waals surface area contributed by atoms with Crippen LogP contribution in [0.3, 0.4) is 0 Å². The number of aryl methyl sites for hydroxylation is 1. The van der Waals surface area contributed by atoms with Crippen molar-refractivity contribution in [2.24, 2.45) is 4.99 Å². The summed E-state index contributed by atoms with van der Waals surface area (Å²) in [6.07, 6.45) is 3.32.